The summed E-state index contributed by atoms with van der Waals surface area (Å²) in [4.78, 5) is 22.2. The lowest BCUT2D eigenvalue weighted by Crippen LogP contribution is -2.41. The summed E-state index contributed by atoms with van der Waals surface area (Å²) in [5.41, 5.74) is 4.57. The number of carbonyl (C=O) groups excluding carboxylic acids is 1. The van der Waals surface area contributed by atoms with E-state index in [0.717, 1.165) is 69.1 Å². The van der Waals surface area contributed by atoms with Crippen molar-refractivity contribution >= 4 is 17.4 Å². The summed E-state index contributed by atoms with van der Waals surface area (Å²) in [6, 6.07) is 11.5. The van der Waals surface area contributed by atoms with Crippen molar-refractivity contribution in [2.24, 2.45) is 5.92 Å². The first-order valence-corrected chi connectivity index (χ1v) is 12.1. The van der Waals surface area contributed by atoms with Gasteiger partial charge in [-0.05, 0) is 49.3 Å². The first kappa shape index (κ1) is 23.2. The van der Waals surface area contributed by atoms with Gasteiger partial charge in [-0.25, -0.2) is 9.97 Å². The van der Waals surface area contributed by atoms with Gasteiger partial charge in [-0.3, -0.25) is 4.79 Å². The van der Waals surface area contributed by atoms with Gasteiger partial charge in [-0.2, -0.15) is 0 Å². The maximum Gasteiger partial charge on any atom is 0.219 e. The number of nitrogens with zero attached hydrogens (tertiary/aromatic N) is 3. The molecule has 1 fully saturated rings. The predicted molar refractivity (Wildman–Crippen MR) is 133 cm³/mol. The number of fused-ring (bicyclic) bond motifs is 1. The van der Waals surface area contributed by atoms with Crippen LogP contribution in [0.2, 0.25) is 0 Å². The standard InChI is InChI=1S/C26H36N6O/c1-18(16-28-24-12-21-6-4-5-7-22(21)13-24)15-27-19(2)25-14-26(30-17-29-25)31-23-8-10-32(11-9-23)20(3)33/h4-7,14,17-18,23-24,27-28H,2,8-13,15-16H2,1,3H3,(H,29,30,31). The van der Waals surface area contributed by atoms with Crippen LogP contribution in [0.25, 0.3) is 5.70 Å². The van der Waals surface area contributed by atoms with Gasteiger partial charge in [0.25, 0.3) is 0 Å². The molecule has 1 unspecified atom stereocenters. The van der Waals surface area contributed by atoms with Crippen LogP contribution in [-0.4, -0.2) is 59.0 Å². The van der Waals surface area contributed by atoms with E-state index in [-0.39, 0.29) is 5.91 Å². The molecule has 1 aromatic carbocycles. The summed E-state index contributed by atoms with van der Waals surface area (Å²) >= 11 is 0. The van der Waals surface area contributed by atoms with Gasteiger partial charge in [0, 0.05) is 44.7 Å². The third-order valence-corrected chi connectivity index (χ3v) is 6.74. The normalized spacial score (nSPS) is 17.5. The Kier molecular flexibility index (Phi) is 7.60. The summed E-state index contributed by atoms with van der Waals surface area (Å²) in [6.45, 7) is 11.4. The number of rotatable bonds is 9. The van der Waals surface area contributed by atoms with Crippen molar-refractivity contribution in [1.82, 2.24) is 25.5 Å². The number of piperidine rings is 1. The van der Waals surface area contributed by atoms with Gasteiger partial charge < -0.3 is 20.9 Å². The quantitative estimate of drug-likeness (QED) is 0.547. The monoisotopic (exact) mass is 448 g/mol. The number of hydrogen-bond donors (Lipinski definition) is 3. The van der Waals surface area contributed by atoms with Crippen molar-refractivity contribution in [2.45, 2.75) is 51.6 Å². The van der Waals surface area contributed by atoms with E-state index in [4.69, 9.17) is 0 Å². The van der Waals surface area contributed by atoms with Crippen molar-refractivity contribution in [3.63, 3.8) is 0 Å². The summed E-state index contributed by atoms with van der Waals surface area (Å²) in [5, 5.41) is 10.7. The van der Waals surface area contributed by atoms with E-state index >= 15 is 0 Å². The molecular weight excluding hydrogens is 412 g/mol. The third-order valence-electron chi connectivity index (χ3n) is 6.74. The van der Waals surface area contributed by atoms with Crippen molar-refractivity contribution in [1.29, 1.82) is 0 Å². The fraction of sp³-hybridized carbons (Fsp3) is 0.500. The first-order chi connectivity index (χ1) is 16.0. The Bertz CT molecular complexity index is 944. The Morgan fingerprint density at radius 2 is 1.82 bits per heavy atom. The zero-order valence-corrected chi connectivity index (χ0v) is 19.8. The van der Waals surface area contributed by atoms with E-state index in [0.29, 0.717) is 18.0 Å². The molecule has 2 aliphatic rings. The lowest BCUT2D eigenvalue weighted by Gasteiger charge is -2.32. The smallest absolute Gasteiger partial charge is 0.219 e. The van der Waals surface area contributed by atoms with Gasteiger partial charge in [-0.15, -0.1) is 0 Å². The highest BCUT2D eigenvalue weighted by Gasteiger charge is 2.22. The average Bonchev–Trinajstić information content (AvgIpc) is 3.25. The second kappa shape index (κ2) is 10.8. The lowest BCUT2D eigenvalue weighted by molar-refractivity contribution is -0.129. The molecule has 1 atom stereocenters. The van der Waals surface area contributed by atoms with Crippen LogP contribution in [0.3, 0.4) is 0 Å². The SMILES string of the molecule is C=C(NCC(C)CNC1Cc2ccccc2C1)c1cc(NC2CCN(C(C)=O)CC2)ncn1. The molecule has 176 valence electrons. The number of nitrogens with one attached hydrogen (secondary N) is 3. The van der Waals surface area contributed by atoms with Crippen molar-refractivity contribution in [3.05, 3.63) is 60.1 Å². The second-order valence-electron chi connectivity index (χ2n) is 9.46. The molecule has 0 saturated carbocycles. The number of aromatic nitrogens is 2. The minimum absolute atomic E-state index is 0.151. The van der Waals surface area contributed by atoms with Gasteiger partial charge >= 0.3 is 0 Å². The lowest BCUT2D eigenvalue weighted by atomic mass is 10.1. The zero-order valence-electron chi connectivity index (χ0n) is 19.8. The van der Waals surface area contributed by atoms with E-state index in [1.807, 2.05) is 11.0 Å². The van der Waals surface area contributed by atoms with Crippen LogP contribution in [-0.2, 0) is 17.6 Å². The number of anilines is 1. The molecule has 1 amide bonds. The van der Waals surface area contributed by atoms with Crippen LogP contribution in [0.5, 0.6) is 0 Å². The Balaban J connectivity index is 1.19. The number of hydrogen-bond acceptors (Lipinski definition) is 6. The fourth-order valence-electron chi connectivity index (χ4n) is 4.68. The molecule has 0 spiro atoms. The molecule has 7 heteroatoms. The molecule has 2 heterocycles. The summed E-state index contributed by atoms with van der Waals surface area (Å²) < 4.78 is 0. The number of likely N-dealkylation sites (tertiary alicyclic amines) is 1. The molecule has 1 saturated heterocycles. The van der Waals surface area contributed by atoms with Gasteiger partial charge in [0.2, 0.25) is 5.91 Å². The van der Waals surface area contributed by atoms with Crippen molar-refractivity contribution in [3.8, 4) is 0 Å². The Labute approximate surface area is 197 Å². The topological polar surface area (TPSA) is 82.2 Å². The molecule has 2 aromatic rings. The van der Waals surface area contributed by atoms with E-state index < -0.39 is 0 Å². The molecule has 1 aliphatic heterocycles. The minimum Gasteiger partial charge on any atom is -0.383 e. The molecule has 1 aliphatic carbocycles. The largest absolute Gasteiger partial charge is 0.383 e. The Morgan fingerprint density at radius 1 is 1.12 bits per heavy atom. The van der Waals surface area contributed by atoms with Crippen molar-refractivity contribution in [2.75, 3.05) is 31.5 Å². The highest BCUT2D eigenvalue weighted by molar-refractivity contribution is 5.73. The second-order valence-corrected chi connectivity index (χ2v) is 9.46. The van der Waals surface area contributed by atoms with E-state index in [1.54, 1.807) is 13.3 Å². The Hall–Kier alpha value is -2.93. The number of benzene rings is 1. The maximum absolute atomic E-state index is 11.5. The van der Waals surface area contributed by atoms with Crippen LogP contribution in [0, 0.1) is 5.92 Å². The molecule has 0 bridgehead atoms. The van der Waals surface area contributed by atoms with Crippen LogP contribution >= 0.6 is 0 Å². The number of carbonyl (C=O) groups is 1. The van der Waals surface area contributed by atoms with Crippen LogP contribution in [0.15, 0.2) is 43.2 Å². The van der Waals surface area contributed by atoms with Gasteiger partial charge in [-0.1, -0.05) is 37.8 Å². The highest BCUT2D eigenvalue weighted by Crippen LogP contribution is 2.22. The predicted octanol–water partition coefficient (Wildman–Crippen LogP) is 2.85. The number of amides is 1. The summed E-state index contributed by atoms with van der Waals surface area (Å²) in [7, 11) is 0. The maximum atomic E-state index is 11.5. The molecule has 4 rings (SSSR count). The third kappa shape index (κ3) is 6.32. The Morgan fingerprint density at radius 3 is 2.48 bits per heavy atom. The van der Waals surface area contributed by atoms with Gasteiger partial charge in [0.05, 0.1) is 11.4 Å². The molecule has 7 nitrogen and oxygen atoms in total. The van der Waals surface area contributed by atoms with E-state index in [1.165, 1.54) is 11.1 Å². The molecular formula is C26H36N6O. The summed E-state index contributed by atoms with van der Waals surface area (Å²) in [5.74, 6) is 1.43. The molecule has 3 N–H and O–H groups in total. The molecule has 1 aromatic heterocycles. The van der Waals surface area contributed by atoms with Crippen LogP contribution < -0.4 is 16.0 Å². The van der Waals surface area contributed by atoms with E-state index in [2.05, 4.69) is 63.7 Å². The van der Waals surface area contributed by atoms with Gasteiger partial charge in [0.1, 0.15) is 12.1 Å². The summed E-state index contributed by atoms with van der Waals surface area (Å²) in [6.07, 6.45) is 5.67. The van der Waals surface area contributed by atoms with Crippen LogP contribution in [0.4, 0.5) is 5.82 Å². The molecule has 0 radical (unpaired) electrons. The minimum atomic E-state index is 0.151. The fourth-order valence-corrected chi connectivity index (χ4v) is 4.68. The van der Waals surface area contributed by atoms with E-state index in [9.17, 15) is 4.79 Å². The van der Waals surface area contributed by atoms with Crippen LogP contribution in [0.1, 0.15) is 43.5 Å². The highest BCUT2D eigenvalue weighted by atomic mass is 16.2. The average molecular weight is 449 g/mol. The van der Waals surface area contributed by atoms with Crippen molar-refractivity contribution < 1.29 is 4.79 Å². The zero-order chi connectivity index (χ0) is 23.2. The first-order valence-electron chi connectivity index (χ1n) is 12.1. The molecule has 33 heavy (non-hydrogen) atoms. The van der Waals surface area contributed by atoms with Gasteiger partial charge in [0.15, 0.2) is 0 Å².